The lowest BCUT2D eigenvalue weighted by molar-refractivity contribution is 0.0526. The predicted octanol–water partition coefficient (Wildman–Crippen LogP) is 4.16. The topological polar surface area (TPSA) is 94.8 Å². The molecule has 152 valence electrons. The van der Waals surface area contributed by atoms with E-state index in [-0.39, 0.29) is 12.2 Å². The van der Waals surface area contributed by atoms with Crippen molar-refractivity contribution in [3.63, 3.8) is 0 Å². The number of ether oxygens (including phenoxy) is 1. The number of nitrogens with one attached hydrogen (secondary N) is 1. The molecule has 30 heavy (non-hydrogen) atoms. The van der Waals surface area contributed by atoms with Crippen molar-refractivity contribution < 1.29 is 9.53 Å². The van der Waals surface area contributed by atoms with Gasteiger partial charge in [0.25, 0.3) is 0 Å². The van der Waals surface area contributed by atoms with Gasteiger partial charge in [-0.3, -0.25) is 0 Å². The summed E-state index contributed by atoms with van der Waals surface area (Å²) in [5.41, 5.74) is 3.50. The molecule has 0 atom stereocenters. The number of hydrogen-bond donors (Lipinski definition) is 1. The van der Waals surface area contributed by atoms with Crippen LogP contribution in [0.25, 0.3) is 16.7 Å². The van der Waals surface area contributed by atoms with E-state index < -0.39 is 5.97 Å². The molecule has 9 heteroatoms. The molecule has 8 nitrogen and oxygen atoms in total. The molecule has 0 aliphatic rings. The molecular formula is C21H20N6O2S. The number of benzene rings is 1. The standard InChI is InChI=1S/C21H20N6O2S/c1-4-29-20(28)17-12-23-21(30-3)25-18(17)24-14-10-16-13(2)26-27(19(16)22-11-14)15-8-6-5-7-9-15/h5-12H,4H2,1-3H3,(H,23,24,25). The fourth-order valence-electron chi connectivity index (χ4n) is 3.02. The first-order valence-corrected chi connectivity index (χ1v) is 10.6. The van der Waals surface area contributed by atoms with Gasteiger partial charge in [0.1, 0.15) is 11.4 Å². The van der Waals surface area contributed by atoms with Crippen LogP contribution >= 0.6 is 11.8 Å². The van der Waals surface area contributed by atoms with Crippen molar-refractivity contribution in [2.75, 3.05) is 18.2 Å². The number of esters is 1. The molecule has 0 aliphatic carbocycles. The number of aromatic nitrogens is 5. The summed E-state index contributed by atoms with van der Waals surface area (Å²) < 4.78 is 6.94. The SMILES string of the molecule is CCOC(=O)c1cnc(SC)nc1Nc1cnc2c(c1)c(C)nn2-c1ccccc1. The number of fused-ring (bicyclic) bond motifs is 1. The van der Waals surface area contributed by atoms with Gasteiger partial charge in [0.05, 0.1) is 29.9 Å². The first-order chi connectivity index (χ1) is 14.6. The normalized spacial score (nSPS) is 10.9. The Bertz CT molecular complexity index is 1210. The highest BCUT2D eigenvalue weighted by molar-refractivity contribution is 7.98. The van der Waals surface area contributed by atoms with E-state index in [1.165, 1.54) is 18.0 Å². The summed E-state index contributed by atoms with van der Waals surface area (Å²) in [6, 6.07) is 11.8. The maximum Gasteiger partial charge on any atom is 0.343 e. The second-order valence-corrected chi connectivity index (χ2v) is 7.17. The second-order valence-electron chi connectivity index (χ2n) is 6.39. The molecule has 0 bridgehead atoms. The lowest BCUT2D eigenvalue weighted by Gasteiger charge is -2.11. The van der Waals surface area contributed by atoms with Crippen LogP contribution in [-0.4, -0.2) is 43.6 Å². The Kier molecular flexibility index (Phi) is 5.62. The van der Waals surface area contributed by atoms with Crippen LogP contribution in [-0.2, 0) is 4.74 Å². The molecule has 1 aromatic carbocycles. The van der Waals surface area contributed by atoms with E-state index in [1.807, 2.05) is 54.3 Å². The maximum absolute atomic E-state index is 12.3. The minimum Gasteiger partial charge on any atom is -0.462 e. The monoisotopic (exact) mass is 420 g/mol. The summed E-state index contributed by atoms with van der Waals surface area (Å²) in [7, 11) is 0. The van der Waals surface area contributed by atoms with Gasteiger partial charge in [-0.2, -0.15) is 5.10 Å². The third-order valence-electron chi connectivity index (χ3n) is 4.42. The molecule has 0 radical (unpaired) electrons. The summed E-state index contributed by atoms with van der Waals surface area (Å²) in [5.74, 6) is -0.100. The van der Waals surface area contributed by atoms with Crippen molar-refractivity contribution in [2.24, 2.45) is 0 Å². The number of para-hydroxylation sites is 1. The zero-order valence-electron chi connectivity index (χ0n) is 16.8. The van der Waals surface area contributed by atoms with Crippen LogP contribution < -0.4 is 5.32 Å². The smallest absolute Gasteiger partial charge is 0.343 e. The molecule has 0 unspecified atom stereocenters. The van der Waals surface area contributed by atoms with Gasteiger partial charge in [-0.05, 0) is 38.3 Å². The van der Waals surface area contributed by atoms with Crippen LogP contribution in [0, 0.1) is 6.92 Å². The molecule has 3 heterocycles. The molecule has 3 aromatic heterocycles. The van der Waals surface area contributed by atoms with Gasteiger partial charge in [0, 0.05) is 11.6 Å². The van der Waals surface area contributed by atoms with Gasteiger partial charge in [0.15, 0.2) is 10.8 Å². The lowest BCUT2D eigenvalue weighted by Crippen LogP contribution is -2.11. The van der Waals surface area contributed by atoms with Crippen LogP contribution in [0.3, 0.4) is 0 Å². The fourth-order valence-corrected chi connectivity index (χ4v) is 3.36. The highest BCUT2D eigenvalue weighted by Gasteiger charge is 2.17. The highest BCUT2D eigenvalue weighted by Crippen LogP contribution is 2.26. The molecule has 4 rings (SSSR count). The first kappa shape index (κ1) is 19.8. The number of anilines is 2. The summed E-state index contributed by atoms with van der Waals surface area (Å²) in [4.78, 5) is 25.5. The second kappa shape index (κ2) is 8.50. The van der Waals surface area contributed by atoms with Crippen LogP contribution in [0.2, 0.25) is 0 Å². The Balaban J connectivity index is 1.73. The van der Waals surface area contributed by atoms with Crippen molar-refractivity contribution in [2.45, 2.75) is 19.0 Å². The summed E-state index contributed by atoms with van der Waals surface area (Å²) in [6.45, 7) is 3.97. The first-order valence-electron chi connectivity index (χ1n) is 9.36. The molecule has 4 aromatic rings. The number of carbonyl (C=O) groups is 1. The van der Waals surface area contributed by atoms with Gasteiger partial charge in [-0.25, -0.2) is 24.4 Å². The van der Waals surface area contributed by atoms with E-state index in [0.717, 1.165) is 22.4 Å². The molecule has 0 spiro atoms. The number of hydrogen-bond acceptors (Lipinski definition) is 8. The van der Waals surface area contributed by atoms with Gasteiger partial charge in [-0.1, -0.05) is 30.0 Å². The van der Waals surface area contributed by atoms with E-state index >= 15 is 0 Å². The quantitative estimate of drug-likeness (QED) is 0.282. The molecule has 1 N–H and O–H groups in total. The number of nitrogens with zero attached hydrogens (tertiary/aromatic N) is 5. The number of pyridine rings is 1. The van der Waals surface area contributed by atoms with Crippen LogP contribution in [0.4, 0.5) is 11.5 Å². The Hall–Kier alpha value is -3.46. The van der Waals surface area contributed by atoms with Crippen molar-refractivity contribution >= 4 is 40.3 Å². The Morgan fingerprint density at radius 3 is 2.73 bits per heavy atom. The van der Waals surface area contributed by atoms with Crippen LogP contribution in [0.15, 0.2) is 53.9 Å². The van der Waals surface area contributed by atoms with Crippen LogP contribution in [0.5, 0.6) is 0 Å². The van der Waals surface area contributed by atoms with Gasteiger partial charge in [-0.15, -0.1) is 0 Å². The minimum atomic E-state index is -0.477. The minimum absolute atomic E-state index is 0.270. The Morgan fingerprint density at radius 2 is 2.00 bits per heavy atom. The van der Waals surface area contributed by atoms with Crippen molar-refractivity contribution in [3.05, 3.63) is 60.0 Å². The average molecular weight is 420 g/mol. The number of aryl methyl sites for hydroxylation is 1. The molecular weight excluding hydrogens is 400 g/mol. The molecule has 0 aliphatic heterocycles. The van der Waals surface area contributed by atoms with E-state index in [1.54, 1.807) is 13.1 Å². The largest absolute Gasteiger partial charge is 0.462 e. The van der Waals surface area contributed by atoms with Gasteiger partial charge < -0.3 is 10.1 Å². The average Bonchev–Trinajstić information content (AvgIpc) is 3.10. The summed E-state index contributed by atoms with van der Waals surface area (Å²) >= 11 is 1.39. The number of rotatable bonds is 6. The van der Waals surface area contributed by atoms with Gasteiger partial charge >= 0.3 is 5.97 Å². The third kappa shape index (κ3) is 3.84. The highest BCUT2D eigenvalue weighted by atomic mass is 32.2. The van der Waals surface area contributed by atoms with Crippen molar-refractivity contribution in [1.82, 2.24) is 24.7 Å². The Labute approximate surface area is 177 Å². The number of thioether (sulfide) groups is 1. The molecule has 0 saturated heterocycles. The van der Waals surface area contributed by atoms with E-state index in [0.29, 0.717) is 16.7 Å². The van der Waals surface area contributed by atoms with E-state index in [9.17, 15) is 4.79 Å². The predicted molar refractivity (Wildman–Crippen MR) is 117 cm³/mol. The van der Waals surface area contributed by atoms with E-state index in [4.69, 9.17) is 4.74 Å². The van der Waals surface area contributed by atoms with Crippen molar-refractivity contribution in [1.29, 1.82) is 0 Å². The Morgan fingerprint density at radius 1 is 1.20 bits per heavy atom. The van der Waals surface area contributed by atoms with E-state index in [2.05, 4.69) is 25.4 Å². The van der Waals surface area contributed by atoms with Crippen LogP contribution in [0.1, 0.15) is 23.0 Å². The fraction of sp³-hybridized carbons (Fsp3) is 0.190. The molecule has 0 fully saturated rings. The van der Waals surface area contributed by atoms with Gasteiger partial charge in [0.2, 0.25) is 0 Å². The summed E-state index contributed by atoms with van der Waals surface area (Å²) in [6.07, 6.45) is 5.04. The molecule has 0 saturated carbocycles. The summed E-state index contributed by atoms with van der Waals surface area (Å²) in [5, 5.41) is 9.27. The number of carbonyl (C=O) groups excluding carboxylic acids is 1. The lowest BCUT2D eigenvalue weighted by atomic mass is 10.2. The maximum atomic E-state index is 12.3. The van der Waals surface area contributed by atoms with Crippen molar-refractivity contribution in [3.8, 4) is 5.69 Å². The zero-order valence-corrected chi connectivity index (χ0v) is 17.6. The third-order valence-corrected chi connectivity index (χ3v) is 4.98. The molecule has 0 amide bonds. The zero-order chi connectivity index (χ0) is 21.1.